The van der Waals surface area contributed by atoms with E-state index >= 15 is 0 Å². The molecule has 1 heterocycles. The number of allylic oxidation sites excluding steroid dienone is 1. The molecule has 3 rings (SSSR count). The maximum atomic E-state index is 13.7. The molecule has 0 aromatic heterocycles. The molecule has 5 heteroatoms. The minimum atomic E-state index is -0.683. The van der Waals surface area contributed by atoms with Crippen LogP contribution in [-0.2, 0) is 9.47 Å². The Kier molecular flexibility index (Phi) is 7.24. The molecule has 1 aliphatic heterocycles. The van der Waals surface area contributed by atoms with Gasteiger partial charge in [-0.25, -0.2) is 8.78 Å². The summed E-state index contributed by atoms with van der Waals surface area (Å²) < 4.78 is 38.7. The van der Waals surface area contributed by atoms with E-state index in [0.717, 1.165) is 24.7 Å². The van der Waals surface area contributed by atoms with Crippen molar-refractivity contribution in [2.24, 2.45) is 17.8 Å². The molecule has 2 nitrogen and oxygen atoms in total. The number of ether oxygens (including phenoxy) is 2. The molecule has 1 aliphatic carbocycles. The van der Waals surface area contributed by atoms with E-state index in [2.05, 4.69) is 22.5 Å². The van der Waals surface area contributed by atoms with Gasteiger partial charge in [-0.3, -0.25) is 0 Å². The van der Waals surface area contributed by atoms with E-state index in [1.54, 1.807) is 0 Å². The number of benzene rings is 1. The molecule has 2 aliphatic rings. The minimum Gasteiger partial charge on any atom is -0.348 e. The Morgan fingerprint density at radius 1 is 0.962 bits per heavy atom. The van der Waals surface area contributed by atoms with Crippen molar-refractivity contribution in [3.8, 4) is 0 Å². The highest BCUT2D eigenvalue weighted by Crippen LogP contribution is 2.35. The zero-order valence-electron chi connectivity index (χ0n) is 15.1. The van der Waals surface area contributed by atoms with Crippen LogP contribution in [-0.4, -0.2) is 13.2 Å². The van der Waals surface area contributed by atoms with Crippen molar-refractivity contribution in [1.82, 2.24) is 0 Å². The largest absolute Gasteiger partial charge is 0.348 e. The van der Waals surface area contributed by atoms with Crippen LogP contribution in [0.5, 0.6) is 0 Å². The highest BCUT2D eigenvalue weighted by atomic mass is 79.9. The predicted molar refractivity (Wildman–Crippen MR) is 102 cm³/mol. The summed E-state index contributed by atoms with van der Waals surface area (Å²) in [7, 11) is 0. The van der Waals surface area contributed by atoms with Crippen molar-refractivity contribution in [2.75, 3.05) is 13.2 Å². The van der Waals surface area contributed by atoms with Gasteiger partial charge < -0.3 is 9.47 Å². The summed E-state index contributed by atoms with van der Waals surface area (Å²) in [5.41, 5.74) is 0.391. The van der Waals surface area contributed by atoms with Crippen molar-refractivity contribution in [3.05, 3.63) is 46.5 Å². The van der Waals surface area contributed by atoms with Gasteiger partial charge in [0.2, 0.25) is 0 Å². The maximum absolute atomic E-state index is 13.7. The Hall–Kier alpha value is -0.780. The fourth-order valence-electron chi connectivity index (χ4n) is 4.08. The molecule has 1 saturated heterocycles. The number of rotatable bonds is 6. The molecule has 0 atom stereocenters. The van der Waals surface area contributed by atoms with Crippen LogP contribution in [0.15, 0.2) is 29.3 Å². The molecule has 2 fully saturated rings. The van der Waals surface area contributed by atoms with E-state index in [1.165, 1.54) is 44.2 Å². The van der Waals surface area contributed by atoms with Crippen LogP contribution < -0.4 is 0 Å². The van der Waals surface area contributed by atoms with Gasteiger partial charge in [0.25, 0.3) is 0 Å². The molecule has 1 saturated carbocycles. The van der Waals surface area contributed by atoms with Crippen LogP contribution in [0.4, 0.5) is 8.78 Å². The van der Waals surface area contributed by atoms with Crippen LogP contribution in [0.3, 0.4) is 0 Å². The summed E-state index contributed by atoms with van der Waals surface area (Å²) in [4.78, 5) is 0. The predicted octanol–water partition coefficient (Wildman–Crippen LogP) is 6.55. The molecule has 0 N–H and O–H groups in total. The monoisotopic (exact) mass is 428 g/mol. The second kappa shape index (κ2) is 9.43. The first-order valence-electron chi connectivity index (χ1n) is 9.55. The Morgan fingerprint density at radius 3 is 2.08 bits per heavy atom. The first-order valence-corrected chi connectivity index (χ1v) is 10.3. The van der Waals surface area contributed by atoms with Gasteiger partial charge in [0.05, 0.1) is 17.7 Å². The molecule has 0 unspecified atom stereocenters. The Morgan fingerprint density at radius 2 is 1.50 bits per heavy atom. The summed E-state index contributed by atoms with van der Waals surface area (Å²) >= 11 is 2.88. The van der Waals surface area contributed by atoms with E-state index in [4.69, 9.17) is 9.47 Å². The molecule has 1 aromatic carbocycles. The summed E-state index contributed by atoms with van der Waals surface area (Å²) in [5.74, 6) is 0.728. The topological polar surface area (TPSA) is 18.5 Å². The number of halogens is 3. The lowest BCUT2D eigenvalue weighted by Crippen LogP contribution is -2.28. The highest BCUT2D eigenvalue weighted by molar-refractivity contribution is 9.10. The van der Waals surface area contributed by atoms with E-state index in [9.17, 15) is 8.78 Å². The molecular formula is C21H27BrF2O2. The lowest BCUT2D eigenvalue weighted by atomic mass is 9.78. The van der Waals surface area contributed by atoms with Crippen LogP contribution in [0.1, 0.15) is 56.8 Å². The number of hydrogen-bond acceptors (Lipinski definition) is 2. The second-order valence-corrected chi connectivity index (χ2v) is 8.44. The van der Waals surface area contributed by atoms with Crippen LogP contribution in [0, 0.1) is 29.4 Å². The molecule has 0 spiro atoms. The van der Waals surface area contributed by atoms with Crippen LogP contribution in [0.25, 0.3) is 0 Å². The van der Waals surface area contributed by atoms with Gasteiger partial charge in [0.15, 0.2) is 6.29 Å². The quantitative estimate of drug-likeness (QED) is 0.377. The molecule has 26 heavy (non-hydrogen) atoms. The van der Waals surface area contributed by atoms with E-state index in [-0.39, 0.29) is 4.47 Å². The fourth-order valence-corrected chi connectivity index (χ4v) is 4.31. The highest BCUT2D eigenvalue weighted by Gasteiger charge is 2.27. The standard InChI is InChI=1S/C21H27BrF2O2/c1-2-3-14-4-6-15(7-5-14)8-9-16-12-25-21(26-13-16)17-10-18(23)20(22)19(24)11-17/h2,10-11,14-16,21H,1,3-9,12-13H2. The average Bonchev–Trinajstić information content (AvgIpc) is 2.66. The first-order chi connectivity index (χ1) is 12.6. The van der Waals surface area contributed by atoms with E-state index in [0.29, 0.717) is 24.7 Å². The summed E-state index contributed by atoms with van der Waals surface area (Å²) in [5, 5.41) is 0. The van der Waals surface area contributed by atoms with Crippen molar-refractivity contribution in [2.45, 2.75) is 51.2 Å². The van der Waals surface area contributed by atoms with Crippen molar-refractivity contribution in [3.63, 3.8) is 0 Å². The lowest BCUT2D eigenvalue weighted by molar-refractivity contribution is -0.206. The summed E-state index contributed by atoms with van der Waals surface area (Å²) in [6.45, 7) is 5.00. The lowest BCUT2D eigenvalue weighted by Gasteiger charge is -2.32. The van der Waals surface area contributed by atoms with Crippen molar-refractivity contribution < 1.29 is 18.3 Å². The minimum absolute atomic E-state index is 0.155. The van der Waals surface area contributed by atoms with Gasteiger partial charge in [-0.05, 0) is 65.6 Å². The Bertz CT molecular complexity index is 583. The Balaban J connectivity index is 1.41. The molecule has 0 bridgehead atoms. The average molecular weight is 429 g/mol. The molecule has 0 amide bonds. The first kappa shape index (κ1) is 20.0. The number of hydrogen-bond donors (Lipinski definition) is 0. The molecular weight excluding hydrogens is 402 g/mol. The fraction of sp³-hybridized carbons (Fsp3) is 0.619. The van der Waals surface area contributed by atoms with E-state index < -0.39 is 17.9 Å². The maximum Gasteiger partial charge on any atom is 0.184 e. The SMILES string of the molecule is C=CCC1CCC(CCC2COC(c3cc(F)c(Br)c(F)c3)OC2)CC1. The summed E-state index contributed by atoms with van der Waals surface area (Å²) in [6, 6.07) is 2.53. The van der Waals surface area contributed by atoms with Gasteiger partial charge in [0.1, 0.15) is 11.6 Å². The van der Waals surface area contributed by atoms with Crippen LogP contribution in [0.2, 0.25) is 0 Å². The zero-order valence-corrected chi connectivity index (χ0v) is 16.6. The van der Waals surface area contributed by atoms with Crippen molar-refractivity contribution in [1.29, 1.82) is 0 Å². The van der Waals surface area contributed by atoms with Gasteiger partial charge in [-0.1, -0.05) is 25.3 Å². The Labute approximate surface area is 163 Å². The zero-order chi connectivity index (χ0) is 18.5. The normalized spacial score (nSPS) is 29.5. The van der Waals surface area contributed by atoms with Gasteiger partial charge in [0, 0.05) is 11.5 Å². The summed E-state index contributed by atoms with van der Waals surface area (Å²) in [6.07, 6.45) is 10.1. The van der Waals surface area contributed by atoms with Gasteiger partial charge in [-0.2, -0.15) is 0 Å². The van der Waals surface area contributed by atoms with Gasteiger partial charge >= 0.3 is 0 Å². The third kappa shape index (κ3) is 5.14. The van der Waals surface area contributed by atoms with Crippen molar-refractivity contribution >= 4 is 15.9 Å². The third-order valence-corrected chi connectivity index (χ3v) is 6.45. The molecule has 144 valence electrons. The third-order valence-electron chi connectivity index (χ3n) is 5.69. The van der Waals surface area contributed by atoms with Crippen LogP contribution >= 0.6 is 15.9 Å². The molecule has 1 aromatic rings. The van der Waals surface area contributed by atoms with Gasteiger partial charge in [-0.15, -0.1) is 6.58 Å². The molecule has 0 radical (unpaired) electrons. The van der Waals surface area contributed by atoms with E-state index in [1.807, 2.05) is 6.08 Å². The second-order valence-electron chi connectivity index (χ2n) is 7.65. The smallest absolute Gasteiger partial charge is 0.184 e.